The van der Waals surface area contributed by atoms with Gasteiger partial charge in [-0.2, -0.15) is 0 Å². The third-order valence-corrected chi connectivity index (χ3v) is 10.7. The molecule has 210 valence electrons. The number of methoxy groups -OCH3 is 1. The number of rotatable bonds is 7. The first-order chi connectivity index (χ1) is 18.7. The Balaban J connectivity index is 1.22. The zero-order chi connectivity index (χ0) is 27.8. The van der Waals surface area contributed by atoms with Crippen molar-refractivity contribution in [1.82, 2.24) is 5.32 Å². The average Bonchev–Trinajstić information content (AvgIpc) is 3.29. The monoisotopic (exact) mass is 534 g/mol. The van der Waals surface area contributed by atoms with Crippen LogP contribution in [0.5, 0.6) is 0 Å². The molecule has 5 rings (SSSR count). The number of hydrogen-bond donors (Lipinski definition) is 1. The molecule has 0 aromatic heterocycles. The van der Waals surface area contributed by atoms with Gasteiger partial charge in [-0.25, -0.2) is 4.79 Å². The van der Waals surface area contributed by atoms with Gasteiger partial charge in [0.05, 0.1) is 12.8 Å². The SMILES string of the molecule is COC(=O)C(NC(=O)CON=C1C=C2CCC3C4CCC(C(C)=O)[C@@]4(C)CCC3[C@@]2(C)CC1)c1ccccc1. The summed E-state index contributed by atoms with van der Waals surface area (Å²) in [6, 6.07) is 8.10. The number of allylic oxidation sites excluding steroid dienone is 2. The van der Waals surface area contributed by atoms with Gasteiger partial charge in [0.1, 0.15) is 5.78 Å². The molecule has 3 fully saturated rings. The van der Waals surface area contributed by atoms with E-state index in [4.69, 9.17) is 9.57 Å². The lowest BCUT2D eigenvalue weighted by atomic mass is 9.46. The highest BCUT2D eigenvalue weighted by Gasteiger charge is 2.59. The lowest BCUT2D eigenvalue weighted by Gasteiger charge is -2.58. The minimum absolute atomic E-state index is 0.165. The zero-order valence-electron chi connectivity index (χ0n) is 23.7. The van der Waals surface area contributed by atoms with E-state index in [1.54, 1.807) is 31.2 Å². The molecule has 0 spiro atoms. The quantitative estimate of drug-likeness (QED) is 0.365. The molecule has 5 unspecified atom stereocenters. The summed E-state index contributed by atoms with van der Waals surface area (Å²) in [6.45, 7) is 6.36. The van der Waals surface area contributed by atoms with Gasteiger partial charge in [0, 0.05) is 5.92 Å². The van der Waals surface area contributed by atoms with Crippen LogP contribution < -0.4 is 5.32 Å². The number of fused-ring (bicyclic) bond motifs is 5. The second kappa shape index (κ2) is 10.9. The molecule has 0 aliphatic heterocycles. The van der Waals surface area contributed by atoms with Gasteiger partial charge in [0.15, 0.2) is 12.6 Å². The molecule has 4 aliphatic carbocycles. The minimum Gasteiger partial charge on any atom is -0.467 e. The Morgan fingerprint density at radius 3 is 2.51 bits per heavy atom. The van der Waals surface area contributed by atoms with Crippen LogP contribution in [0.2, 0.25) is 0 Å². The molecule has 1 aromatic carbocycles. The van der Waals surface area contributed by atoms with Crippen LogP contribution in [0.1, 0.15) is 83.7 Å². The normalized spacial score (nSPS) is 35.1. The molecule has 3 saturated carbocycles. The molecule has 1 aromatic rings. The molecule has 1 N–H and O–H groups in total. The van der Waals surface area contributed by atoms with Crippen LogP contribution in [0.25, 0.3) is 0 Å². The van der Waals surface area contributed by atoms with E-state index in [1.807, 2.05) is 6.07 Å². The highest BCUT2D eigenvalue weighted by molar-refractivity contribution is 5.96. The molecule has 0 saturated heterocycles. The second-order valence-electron chi connectivity index (χ2n) is 12.6. The van der Waals surface area contributed by atoms with Crippen LogP contribution in [0.3, 0.4) is 0 Å². The van der Waals surface area contributed by atoms with Crippen molar-refractivity contribution < 1.29 is 24.0 Å². The van der Waals surface area contributed by atoms with Crippen LogP contribution in [0.15, 0.2) is 47.1 Å². The fourth-order valence-corrected chi connectivity index (χ4v) is 8.73. The third-order valence-electron chi connectivity index (χ3n) is 10.7. The van der Waals surface area contributed by atoms with Gasteiger partial charge >= 0.3 is 5.97 Å². The average molecular weight is 535 g/mol. The molecular formula is C32H42N2O5. The van der Waals surface area contributed by atoms with Crippen molar-refractivity contribution >= 4 is 23.4 Å². The number of carbonyl (C=O) groups excluding carboxylic acids is 3. The Morgan fingerprint density at radius 1 is 1.03 bits per heavy atom. The van der Waals surface area contributed by atoms with Gasteiger partial charge in [-0.3, -0.25) is 9.59 Å². The largest absolute Gasteiger partial charge is 0.467 e. The van der Waals surface area contributed by atoms with Gasteiger partial charge in [-0.1, -0.05) is 54.9 Å². The number of esters is 1. The Hall–Kier alpha value is -2.96. The van der Waals surface area contributed by atoms with Crippen molar-refractivity contribution in [3.05, 3.63) is 47.5 Å². The first kappa shape index (κ1) is 27.6. The summed E-state index contributed by atoms with van der Waals surface area (Å²) in [4.78, 5) is 42.6. The maximum absolute atomic E-state index is 12.6. The van der Waals surface area contributed by atoms with Gasteiger partial charge in [0.25, 0.3) is 5.91 Å². The number of carbonyl (C=O) groups is 3. The highest BCUT2D eigenvalue weighted by atomic mass is 16.6. The van der Waals surface area contributed by atoms with Gasteiger partial charge < -0.3 is 14.9 Å². The second-order valence-corrected chi connectivity index (χ2v) is 12.6. The fraction of sp³-hybridized carbons (Fsp3) is 0.625. The van der Waals surface area contributed by atoms with Crippen LogP contribution in [0.4, 0.5) is 0 Å². The summed E-state index contributed by atoms with van der Waals surface area (Å²) in [7, 11) is 1.30. The van der Waals surface area contributed by atoms with Crippen LogP contribution in [0, 0.1) is 34.5 Å². The predicted octanol–water partition coefficient (Wildman–Crippen LogP) is 5.56. The van der Waals surface area contributed by atoms with E-state index < -0.39 is 17.9 Å². The maximum Gasteiger partial charge on any atom is 0.333 e. The number of oxime groups is 1. The summed E-state index contributed by atoms with van der Waals surface area (Å²) >= 11 is 0. The summed E-state index contributed by atoms with van der Waals surface area (Å²) in [5, 5.41) is 7.00. The predicted molar refractivity (Wildman–Crippen MR) is 149 cm³/mol. The fourth-order valence-electron chi connectivity index (χ4n) is 8.73. The van der Waals surface area contributed by atoms with Crippen molar-refractivity contribution in [2.75, 3.05) is 13.7 Å². The summed E-state index contributed by atoms with van der Waals surface area (Å²) in [6.07, 6.45) is 10.9. The number of Topliss-reactive ketones (excluding diaryl/α,β-unsaturated/α-hetero) is 1. The number of nitrogens with one attached hydrogen (secondary N) is 1. The number of ketones is 1. The highest BCUT2D eigenvalue weighted by Crippen LogP contribution is 2.66. The summed E-state index contributed by atoms with van der Waals surface area (Å²) in [5.74, 6) is 1.66. The first-order valence-corrected chi connectivity index (χ1v) is 14.5. The molecule has 39 heavy (non-hydrogen) atoms. The molecule has 7 atom stereocenters. The van der Waals surface area contributed by atoms with Gasteiger partial charge in [-0.05, 0) is 98.5 Å². The Morgan fingerprint density at radius 2 is 1.79 bits per heavy atom. The lowest BCUT2D eigenvalue weighted by molar-refractivity contribution is -0.145. The standard InChI is InChI=1S/C32H42N2O5/c1-20(35)25-12-13-26-24-11-10-22-18-23(14-16-31(22,2)27(24)15-17-32(25,26)3)34-39-19-28(36)33-29(30(37)38-4)21-8-6-5-7-9-21/h5-9,18,24-27,29H,10-17,19H2,1-4H3,(H,33,36)/t24?,25?,26?,27?,29?,31-,32+/m0/s1. The minimum atomic E-state index is -0.893. The molecular weight excluding hydrogens is 492 g/mol. The number of benzene rings is 1. The number of nitrogens with zero attached hydrogens (tertiary/aromatic N) is 1. The topological polar surface area (TPSA) is 94.1 Å². The van der Waals surface area contributed by atoms with Crippen molar-refractivity contribution in [2.45, 2.75) is 78.2 Å². The Kier molecular flexibility index (Phi) is 7.71. The first-order valence-electron chi connectivity index (χ1n) is 14.5. The van der Waals surface area contributed by atoms with E-state index in [0.717, 1.165) is 37.8 Å². The van der Waals surface area contributed by atoms with Crippen molar-refractivity contribution in [3.63, 3.8) is 0 Å². The third kappa shape index (κ3) is 5.05. The van der Waals surface area contributed by atoms with E-state index in [0.29, 0.717) is 29.1 Å². The van der Waals surface area contributed by atoms with Crippen molar-refractivity contribution in [3.8, 4) is 0 Å². The molecule has 7 nitrogen and oxygen atoms in total. The van der Waals surface area contributed by atoms with Crippen molar-refractivity contribution in [2.24, 2.45) is 39.7 Å². The molecule has 0 bridgehead atoms. The van der Waals surface area contributed by atoms with Gasteiger partial charge in [-0.15, -0.1) is 0 Å². The van der Waals surface area contributed by atoms with Crippen LogP contribution in [-0.4, -0.2) is 37.1 Å². The van der Waals surface area contributed by atoms with E-state index in [1.165, 1.54) is 31.9 Å². The zero-order valence-corrected chi connectivity index (χ0v) is 23.7. The molecule has 0 heterocycles. The maximum atomic E-state index is 12.6. The number of amides is 1. The van der Waals surface area contributed by atoms with Crippen LogP contribution in [-0.2, 0) is 24.0 Å². The molecule has 0 radical (unpaired) electrons. The van der Waals surface area contributed by atoms with E-state index >= 15 is 0 Å². The Labute approximate surface area is 231 Å². The lowest BCUT2D eigenvalue weighted by Crippen LogP contribution is -2.51. The molecule has 1 amide bonds. The number of hydrogen-bond acceptors (Lipinski definition) is 6. The molecule has 7 heteroatoms. The Bertz CT molecular complexity index is 1180. The van der Waals surface area contributed by atoms with Crippen LogP contribution >= 0.6 is 0 Å². The van der Waals surface area contributed by atoms with Gasteiger partial charge in [0.2, 0.25) is 0 Å². The summed E-state index contributed by atoms with van der Waals surface area (Å²) < 4.78 is 4.86. The van der Waals surface area contributed by atoms with E-state index in [-0.39, 0.29) is 23.4 Å². The summed E-state index contributed by atoms with van der Waals surface area (Å²) in [5.41, 5.74) is 3.32. The number of ether oxygens (including phenoxy) is 1. The smallest absolute Gasteiger partial charge is 0.333 e. The van der Waals surface area contributed by atoms with Crippen molar-refractivity contribution in [1.29, 1.82) is 0 Å². The van der Waals surface area contributed by atoms with E-state index in [9.17, 15) is 14.4 Å². The van der Waals surface area contributed by atoms with E-state index in [2.05, 4.69) is 30.4 Å². The molecule has 4 aliphatic rings.